The van der Waals surface area contributed by atoms with Gasteiger partial charge in [-0.1, -0.05) is 0 Å². The van der Waals surface area contributed by atoms with E-state index in [0.717, 1.165) is 13.1 Å². The second kappa shape index (κ2) is 4.96. The van der Waals surface area contributed by atoms with Crippen molar-refractivity contribution in [1.29, 1.82) is 0 Å². The number of nitrogens with one attached hydrogen (secondary N) is 1. The van der Waals surface area contributed by atoms with Crippen molar-refractivity contribution in [2.75, 3.05) is 13.1 Å². The van der Waals surface area contributed by atoms with Gasteiger partial charge in [-0.25, -0.2) is 0 Å². The fourth-order valence-electron chi connectivity index (χ4n) is 2.31. The summed E-state index contributed by atoms with van der Waals surface area (Å²) < 4.78 is 1.84. The van der Waals surface area contributed by atoms with E-state index in [9.17, 15) is 4.79 Å². The predicted molar refractivity (Wildman–Crippen MR) is 75.2 cm³/mol. The Morgan fingerprint density at radius 2 is 2.11 bits per heavy atom. The third-order valence-electron chi connectivity index (χ3n) is 3.81. The maximum Gasteiger partial charge on any atom is 0.257 e. The van der Waals surface area contributed by atoms with E-state index >= 15 is 0 Å². The highest BCUT2D eigenvalue weighted by Gasteiger charge is 2.29. The van der Waals surface area contributed by atoms with Crippen LogP contribution in [0, 0.1) is 0 Å². The fraction of sp³-hybridized carbons (Fsp3) is 0.714. The Labute approximate surface area is 115 Å². The summed E-state index contributed by atoms with van der Waals surface area (Å²) >= 11 is 0. The van der Waals surface area contributed by atoms with Crippen LogP contribution in [0.4, 0.5) is 0 Å². The highest BCUT2D eigenvalue weighted by Crippen LogP contribution is 2.17. The summed E-state index contributed by atoms with van der Waals surface area (Å²) in [4.78, 5) is 14.5. The number of aromatic nitrogens is 2. The Hall–Kier alpha value is -1.36. The summed E-state index contributed by atoms with van der Waals surface area (Å²) in [6, 6.07) is 0.537. The van der Waals surface area contributed by atoms with E-state index in [4.69, 9.17) is 0 Å². The van der Waals surface area contributed by atoms with Crippen LogP contribution in [0.2, 0.25) is 0 Å². The maximum absolute atomic E-state index is 12.5. The molecule has 0 aromatic carbocycles. The number of carbonyl (C=O) groups excluding carboxylic acids is 1. The first kappa shape index (κ1) is 14.1. The van der Waals surface area contributed by atoms with Gasteiger partial charge >= 0.3 is 0 Å². The molecule has 1 fully saturated rings. The Bertz CT molecular complexity index is 460. The van der Waals surface area contributed by atoms with E-state index in [1.807, 2.05) is 15.8 Å². The number of nitrogens with zero attached hydrogens (tertiary/aromatic N) is 3. The summed E-state index contributed by atoms with van der Waals surface area (Å²) in [6.07, 6.45) is 3.52. The zero-order valence-corrected chi connectivity index (χ0v) is 12.5. The number of amides is 1. The normalized spacial score (nSPS) is 24.6. The van der Waals surface area contributed by atoms with Gasteiger partial charge in [0.05, 0.1) is 17.3 Å². The number of hydrogen-bond acceptors (Lipinski definition) is 3. The molecule has 2 heterocycles. The Balaban J connectivity index is 2.17. The second-order valence-corrected chi connectivity index (χ2v) is 6.33. The standard InChI is InChI=1S/C14H24N4O/c1-10-11(2)17(7-6-15-10)13(19)12-8-16-18(9-12)14(3,4)5/h8-11,15H,6-7H2,1-5H3. The number of hydrogen-bond donors (Lipinski definition) is 1. The van der Waals surface area contributed by atoms with E-state index in [1.165, 1.54) is 0 Å². The van der Waals surface area contributed by atoms with Gasteiger partial charge in [0.2, 0.25) is 0 Å². The van der Waals surface area contributed by atoms with Gasteiger partial charge in [0.25, 0.3) is 5.91 Å². The average Bonchev–Trinajstić information content (AvgIpc) is 2.81. The van der Waals surface area contributed by atoms with Gasteiger partial charge in [-0.3, -0.25) is 9.48 Å². The summed E-state index contributed by atoms with van der Waals surface area (Å²) in [5.41, 5.74) is 0.580. The monoisotopic (exact) mass is 264 g/mol. The first-order valence-electron chi connectivity index (χ1n) is 6.90. The molecule has 1 aromatic heterocycles. The number of carbonyl (C=O) groups is 1. The zero-order valence-electron chi connectivity index (χ0n) is 12.5. The molecule has 2 atom stereocenters. The molecular weight excluding hydrogens is 240 g/mol. The minimum Gasteiger partial charge on any atom is -0.333 e. The van der Waals surface area contributed by atoms with Crippen molar-refractivity contribution in [2.45, 2.75) is 52.2 Å². The van der Waals surface area contributed by atoms with Gasteiger partial charge in [0.15, 0.2) is 0 Å². The van der Waals surface area contributed by atoms with Crippen LogP contribution in [-0.4, -0.2) is 45.8 Å². The highest BCUT2D eigenvalue weighted by atomic mass is 16.2. The molecule has 0 radical (unpaired) electrons. The van der Waals surface area contributed by atoms with Gasteiger partial charge in [-0.15, -0.1) is 0 Å². The molecule has 1 aliphatic heterocycles. The molecule has 19 heavy (non-hydrogen) atoms. The van der Waals surface area contributed by atoms with Crippen molar-refractivity contribution in [3.05, 3.63) is 18.0 Å². The third-order valence-corrected chi connectivity index (χ3v) is 3.81. The molecule has 0 aliphatic carbocycles. The van der Waals surface area contributed by atoms with Crippen molar-refractivity contribution in [3.63, 3.8) is 0 Å². The molecule has 1 amide bonds. The molecule has 2 rings (SSSR count). The fourth-order valence-corrected chi connectivity index (χ4v) is 2.31. The summed E-state index contributed by atoms with van der Waals surface area (Å²) in [7, 11) is 0. The van der Waals surface area contributed by atoms with Crippen LogP contribution in [0.3, 0.4) is 0 Å². The van der Waals surface area contributed by atoms with Crippen LogP contribution in [0.1, 0.15) is 45.0 Å². The lowest BCUT2D eigenvalue weighted by Gasteiger charge is -2.38. The van der Waals surface area contributed by atoms with Crippen LogP contribution in [0.25, 0.3) is 0 Å². The highest BCUT2D eigenvalue weighted by molar-refractivity contribution is 5.94. The summed E-state index contributed by atoms with van der Waals surface area (Å²) in [5.74, 6) is 0.0800. The Morgan fingerprint density at radius 1 is 1.42 bits per heavy atom. The van der Waals surface area contributed by atoms with E-state index in [1.54, 1.807) is 6.20 Å². The van der Waals surface area contributed by atoms with Crippen LogP contribution >= 0.6 is 0 Å². The van der Waals surface area contributed by atoms with Gasteiger partial charge < -0.3 is 10.2 Å². The SMILES string of the molecule is CC1NCCN(C(=O)c2cnn(C(C)(C)C)c2)C1C. The van der Waals surface area contributed by atoms with Crippen molar-refractivity contribution >= 4 is 5.91 Å². The number of piperazine rings is 1. The van der Waals surface area contributed by atoms with Gasteiger partial charge in [-0.2, -0.15) is 5.10 Å². The van der Waals surface area contributed by atoms with Crippen molar-refractivity contribution in [2.24, 2.45) is 0 Å². The third kappa shape index (κ3) is 2.81. The van der Waals surface area contributed by atoms with E-state index in [2.05, 4.69) is 45.0 Å². The molecule has 0 spiro atoms. The molecular formula is C14H24N4O. The smallest absolute Gasteiger partial charge is 0.257 e. The molecule has 5 nitrogen and oxygen atoms in total. The van der Waals surface area contributed by atoms with E-state index in [-0.39, 0.29) is 17.5 Å². The number of rotatable bonds is 1. The topological polar surface area (TPSA) is 50.2 Å². The zero-order chi connectivity index (χ0) is 14.2. The van der Waals surface area contributed by atoms with E-state index in [0.29, 0.717) is 11.6 Å². The minimum absolute atomic E-state index is 0.0800. The van der Waals surface area contributed by atoms with Crippen molar-refractivity contribution in [1.82, 2.24) is 20.0 Å². The first-order valence-corrected chi connectivity index (χ1v) is 6.90. The average molecular weight is 264 g/mol. The Morgan fingerprint density at radius 3 is 2.68 bits per heavy atom. The van der Waals surface area contributed by atoms with Gasteiger partial charge in [0, 0.05) is 31.4 Å². The van der Waals surface area contributed by atoms with Gasteiger partial charge in [-0.05, 0) is 34.6 Å². The largest absolute Gasteiger partial charge is 0.333 e. The molecule has 0 saturated carbocycles. The molecule has 1 saturated heterocycles. The van der Waals surface area contributed by atoms with Crippen LogP contribution in [0.15, 0.2) is 12.4 Å². The van der Waals surface area contributed by atoms with Crippen molar-refractivity contribution < 1.29 is 4.79 Å². The minimum atomic E-state index is -0.0963. The first-order chi connectivity index (χ1) is 8.80. The predicted octanol–water partition coefficient (Wildman–Crippen LogP) is 1.46. The molecule has 106 valence electrons. The van der Waals surface area contributed by atoms with Crippen molar-refractivity contribution in [3.8, 4) is 0 Å². The summed E-state index contributed by atoms with van der Waals surface area (Å²) in [5, 5.41) is 7.68. The quantitative estimate of drug-likeness (QED) is 0.835. The van der Waals surface area contributed by atoms with Crippen LogP contribution < -0.4 is 5.32 Å². The maximum atomic E-state index is 12.5. The molecule has 1 aliphatic rings. The molecule has 2 unspecified atom stereocenters. The van der Waals surface area contributed by atoms with Gasteiger partial charge in [0.1, 0.15) is 0 Å². The van der Waals surface area contributed by atoms with E-state index < -0.39 is 0 Å². The lowest BCUT2D eigenvalue weighted by molar-refractivity contribution is 0.0602. The summed E-state index contributed by atoms with van der Waals surface area (Å²) in [6.45, 7) is 12.0. The molecule has 1 aromatic rings. The molecule has 0 bridgehead atoms. The van der Waals surface area contributed by atoms with Crippen LogP contribution in [0.5, 0.6) is 0 Å². The molecule has 5 heteroatoms. The molecule has 1 N–H and O–H groups in total. The lowest BCUT2D eigenvalue weighted by atomic mass is 10.1. The lowest BCUT2D eigenvalue weighted by Crippen LogP contribution is -2.57. The van der Waals surface area contributed by atoms with Crippen LogP contribution in [-0.2, 0) is 5.54 Å². The second-order valence-electron chi connectivity index (χ2n) is 6.33. The Kier molecular flexibility index (Phi) is 3.67.